The lowest BCUT2D eigenvalue weighted by molar-refractivity contribution is -0.138. The summed E-state index contributed by atoms with van der Waals surface area (Å²) in [5.41, 5.74) is 0.650. The highest BCUT2D eigenvalue weighted by atomic mass is 16.5. The third kappa shape index (κ3) is 5.06. The summed E-state index contributed by atoms with van der Waals surface area (Å²) in [6.45, 7) is 6.56. The van der Waals surface area contributed by atoms with E-state index < -0.39 is 5.97 Å². The SMILES string of the molecule is CCCCN/C(C)=C(/C#N)C(=O)OCC. The molecule has 0 aromatic rings. The van der Waals surface area contributed by atoms with E-state index in [2.05, 4.69) is 12.2 Å². The number of hydrogen-bond donors (Lipinski definition) is 1. The maximum absolute atomic E-state index is 11.3. The minimum Gasteiger partial charge on any atom is -0.462 e. The van der Waals surface area contributed by atoms with E-state index in [0.29, 0.717) is 5.70 Å². The van der Waals surface area contributed by atoms with Crippen LogP contribution in [0.15, 0.2) is 11.3 Å². The number of allylic oxidation sites excluding steroid dienone is 1. The number of ether oxygens (including phenoxy) is 1. The topological polar surface area (TPSA) is 62.1 Å². The van der Waals surface area contributed by atoms with Crippen LogP contribution in [-0.4, -0.2) is 19.1 Å². The molecule has 0 saturated carbocycles. The molecule has 0 radical (unpaired) electrons. The predicted molar refractivity (Wildman–Crippen MR) is 57.9 cm³/mol. The lowest BCUT2D eigenvalue weighted by Gasteiger charge is -2.07. The van der Waals surface area contributed by atoms with Crippen molar-refractivity contribution < 1.29 is 9.53 Å². The van der Waals surface area contributed by atoms with Crippen LogP contribution in [0.4, 0.5) is 0 Å². The van der Waals surface area contributed by atoms with Gasteiger partial charge in [0.15, 0.2) is 5.57 Å². The molecule has 0 aromatic carbocycles. The van der Waals surface area contributed by atoms with Gasteiger partial charge in [0.05, 0.1) is 6.61 Å². The van der Waals surface area contributed by atoms with Crippen molar-refractivity contribution in [3.05, 3.63) is 11.3 Å². The van der Waals surface area contributed by atoms with E-state index in [1.165, 1.54) is 0 Å². The van der Waals surface area contributed by atoms with E-state index in [9.17, 15) is 4.79 Å². The van der Waals surface area contributed by atoms with E-state index >= 15 is 0 Å². The van der Waals surface area contributed by atoms with Gasteiger partial charge in [-0.15, -0.1) is 0 Å². The predicted octanol–water partition coefficient (Wildman–Crippen LogP) is 1.74. The van der Waals surface area contributed by atoms with Gasteiger partial charge in [0, 0.05) is 12.2 Å². The van der Waals surface area contributed by atoms with E-state index in [4.69, 9.17) is 10.00 Å². The van der Waals surface area contributed by atoms with Gasteiger partial charge in [-0.1, -0.05) is 13.3 Å². The van der Waals surface area contributed by atoms with Crippen LogP contribution in [0.3, 0.4) is 0 Å². The number of nitrogens with one attached hydrogen (secondary N) is 1. The first-order valence-corrected chi connectivity index (χ1v) is 5.19. The van der Waals surface area contributed by atoms with Crippen LogP contribution in [0.2, 0.25) is 0 Å². The molecular formula is C11H18N2O2. The zero-order valence-corrected chi connectivity index (χ0v) is 9.59. The third-order valence-corrected chi connectivity index (χ3v) is 1.89. The van der Waals surface area contributed by atoms with Crippen molar-refractivity contribution in [3.63, 3.8) is 0 Å². The Kier molecular flexibility index (Phi) is 7.08. The van der Waals surface area contributed by atoms with Crippen molar-refractivity contribution in [2.75, 3.05) is 13.2 Å². The Morgan fingerprint density at radius 2 is 2.13 bits per heavy atom. The first-order valence-electron chi connectivity index (χ1n) is 5.19. The molecule has 15 heavy (non-hydrogen) atoms. The summed E-state index contributed by atoms with van der Waals surface area (Å²) in [4.78, 5) is 11.3. The monoisotopic (exact) mass is 210 g/mol. The lowest BCUT2D eigenvalue weighted by Crippen LogP contribution is -2.18. The highest BCUT2D eigenvalue weighted by Crippen LogP contribution is 2.03. The fraction of sp³-hybridized carbons (Fsp3) is 0.636. The smallest absolute Gasteiger partial charge is 0.350 e. The van der Waals surface area contributed by atoms with E-state index in [1.54, 1.807) is 13.8 Å². The zero-order valence-electron chi connectivity index (χ0n) is 9.59. The van der Waals surface area contributed by atoms with Crippen LogP contribution < -0.4 is 5.32 Å². The molecule has 1 N–H and O–H groups in total. The molecule has 0 unspecified atom stereocenters. The number of rotatable bonds is 6. The average molecular weight is 210 g/mol. The highest BCUT2D eigenvalue weighted by Gasteiger charge is 2.13. The number of carbonyl (C=O) groups excluding carboxylic acids is 1. The molecule has 0 fully saturated rings. The maximum atomic E-state index is 11.3. The molecule has 0 heterocycles. The van der Waals surface area contributed by atoms with Gasteiger partial charge in [0.1, 0.15) is 6.07 Å². The summed E-state index contributed by atoms with van der Waals surface area (Å²) >= 11 is 0. The quantitative estimate of drug-likeness (QED) is 0.314. The summed E-state index contributed by atoms with van der Waals surface area (Å²) < 4.78 is 4.76. The summed E-state index contributed by atoms with van der Waals surface area (Å²) in [5.74, 6) is -0.554. The molecule has 0 aliphatic rings. The van der Waals surface area contributed by atoms with Gasteiger partial charge in [-0.05, 0) is 20.3 Å². The van der Waals surface area contributed by atoms with Gasteiger partial charge in [-0.2, -0.15) is 5.26 Å². The van der Waals surface area contributed by atoms with Crippen molar-refractivity contribution in [3.8, 4) is 6.07 Å². The normalized spacial score (nSPS) is 11.3. The number of hydrogen-bond acceptors (Lipinski definition) is 4. The summed E-state index contributed by atoms with van der Waals surface area (Å²) in [5, 5.41) is 11.8. The van der Waals surface area contributed by atoms with E-state index in [-0.39, 0.29) is 12.2 Å². The van der Waals surface area contributed by atoms with Gasteiger partial charge in [0.25, 0.3) is 0 Å². The second-order valence-corrected chi connectivity index (χ2v) is 3.11. The Bertz CT molecular complexity index is 277. The molecule has 0 aliphatic heterocycles. The summed E-state index contributed by atoms with van der Waals surface area (Å²) in [6.07, 6.45) is 2.08. The molecule has 0 aromatic heterocycles. The molecule has 0 rings (SSSR count). The fourth-order valence-electron chi connectivity index (χ4n) is 1.03. The van der Waals surface area contributed by atoms with Crippen LogP contribution in [0.25, 0.3) is 0 Å². The largest absolute Gasteiger partial charge is 0.462 e. The molecule has 0 bridgehead atoms. The molecule has 84 valence electrons. The van der Waals surface area contributed by atoms with Crippen molar-refractivity contribution in [1.82, 2.24) is 5.32 Å². The maximum Gasteiger partial charge on any atom is 0.350 e. The molecule has 0 aliphatic carbocycles. The number of esters is 1. The molecule has 4 heteroatoms. The van der Waals surface area contributed by atoms with Crippen molar-refractivity contribution in [2.45, 2.75) is 33.6 Å². The van der Waals surface area contributed by atoms with E-state index in [1.807, 2.05) is 6.07 Å². The van der Waals surface area contributed by atoms with Gasteiger partial charge in [-0.25, -0.2) is 4.79 Å². The number of nitrogens with zero attached hydrogens (tertiary/aromatic N) is 1. The molecule has 4 nitrogen and oxygen atoms in total. The lowest BCUT2D eigenvalue weighted by atomic mass is 10.2. The van der Waals surface area contributed by atoms with E-state index in [0.717, 1.165) is 19.4 Å². The highest BCUT2D eigenvalue weighted by molar-refractivity contribution is 5.93. The number of unbranched alkanes of at least 4 members (excludes halogenated alkanes) is 1. The first-order chi connectivity index (χ1) is 7.17. The second kappa shape index (κ2) is 7.86. The Morgan fingerprint density at radius 1 is 1.47 bits per heavy atom. The molecule has 0 saturated heterocycles. The minimum atomic E-state index is -0.554. The third-order valence-electron chi connectivity index (χ3n) is 1.89. The number of carbonyl (C=O) groups is 1. The van der Waals surface area contributed by atoms with Gasteiger partial charge >= 0.3 is 5.97 Å². The van der Waals surface area contributed by atoms with Crippen LogP contribution in [-0.2, 0) is 9.53 Å². The summed E-state index contributed by atoms with van der Waals surface area (Å²) in [6, 6.07) is 1.86. The molecule has 0 spiro atoms. The average Bonchev–Trinajstić information content (AvgIpc) is 2.19. The Hall–Kier alpha value is -1.50. The van der Waals surface area contributed by atoms with Crippen LogP contribution >= 0.6 is 0 Å². The molecule has 0 atom stereocenters. The van der Waals surface area contributed by atoms with Gasteiger partial charge < -0.3 is 10.1 Å². The number of nitriles is 1. The Labute approximate surface area is 90.9 Å². The first kappa shape index (κ1) is 13.5. The zero-order chi connectivity index (χ0) is 11.7. The van der Waals surface area contributed by atoms with Crippen molar-refractivity contribution in [1.29, 1.82) is 5.26 Å². The van der Waals surface area contributed by atoms with Crippen molar-refractivity contribution in [2.24, 2.45) is 0 Å². The minimum absolute atomic E-state index is 0.0629. The Balaban J connectivity index is 4.40. The van der Waals surface area contributed by atoms with Crippen LogP contribution in [0.1, 0.15) is 33.6 Å². The van der Waals surface area contributed by atoms with Gasteiger partial charge in [0.2, 0.25) is 0 Å². The van der Waals surface area contributed by atoms with Crippen LogP contribution in [0.5, 0.6) is 0 Å². The van der Waals surface area contributed by atoms with Crippen molar-refractivity contribution >= 4 is 5.97 Å². The molecular weight excluding hydrogens is 192 g/mol. The standard InChI is InChI=1S/C11H18N2O2/c1-4-6-7-13-9(3)10(8-12)11(14)15-5-2/h13H,4-7H2,1-3H3/b10-9-. The summed E-state index contributed by atoms with van der Waals surface area (Å²) in [7, 11) is 0. The molecule has 0 amide bonds. The Morgan fingerprint density at radius 3 is 2.60 bits per heavy atom. The van der Waals surface area contributed by atoms with Crippen LogP contribution in [0, 0.1) is 11.3 Å². The van der Waals surface area contributed by atoms with Gasteiger partial charge in [-0.3, -0.25) is 0 Å². The fourth-order valence-corrected chi connectivity index (χ4v) is 1.03. The second-order valence-electron chi connectivity index (χ2n) is 3.11.